The van der Waals surface area contributed by atoms with Gasteiger partial charge >= 0.3 is 0 Å². The van der Waals surface area contributed by atoms with Gasteiger partial charge < -0.3 is 0 Å². The second-order valence-electron chi connectivity index (χ2n) is 5.69. The topological polar surface area (TPSA) is 0 Å². The van der Waals surface area contributed by atoms with Crippen LogP contribution in [0, 0.1) is 11.8 Å². The molecule has 0 saturated heterocycles. The fourth-order valence-corrected chi connectivity index (χ4v) is 2.75. The summed E-state index contributed by atoms with van der Waals surface area (Å²) in [5.74, 6) is 1.51. The molecule has 0 saturated carbocycles. The maximum absolute atomic E-state index is 2.55. The van der Waals surface area contributed by atoms with Gasteiger partial charge in [0.25, 0.3) is 0 Å². The summed E-state index contributed by atoms with van der Waals surface area (Å²) in [5.41, 5.74) is 3.33. The third-order valence-corrected chi connectivity index (χ3v) is 4.07. The summed E-state index contributed by atoms with van der Waals surface area (Å²) >= 11 is 0. The highest BCUT2D eigenvalue weighted by Gasteiger charge is 2.20. The Morgan fingerprint density at radius 2 is 2.00 bits per heavy atom. The lowest BCUT2D eigenvalue weighted by molar-refractivity contribution is 0.532. The van der Waals surface area contributed by atoms with Gasteiger partial charge in [0, 0.05) is 0 Å². The Balaban J connectivity index is 2.61. The molecule has 0 heteroatoms. The van der Waals surface area contributed by atoms with Gasteiger partial charge in [-0.1, -0.05) is 63.3 Å². The molecule has 2 atom stereocenters. The molecule has 1 rings (SSSR count). The van der Waals surface area contributed by atoms with E-state index >= 15 is 0 Å². The van der Waals surface area contributed by atoms with Crippen LogP contribution in [-0.4, -0.2) is 0 Å². The minimum Gasteiger partial charge on any atom is -0.0847 e. The summed E-state index contributed by atoms with van der Waals surface area (Å²) in [4.78, 5) is 0. The van der Waals surface area contributed by atoms with Crippen molar-refractivity contribution in [2.45, 2.75) is 72.6 Å². The molecule has 2 unspecified atom stereocenters. The van der Waals surface area contributed by atoms with E-state index in [4.69, 9.17) is 0 Å². The zero-order valence-electron chi connectivity index (χ0n) is 12.3. The molecule has 0 N–H and O–H groups in total. The lowest BCUT2D eigenvalue weighted by Gasteiger charge is -2.28. The van der Waals surface area contributed by atoms with Gasteiger partial charge in [-0.15, -0.1) is 0 Å². The fourth-order valence-electron chi connectivity index (χ4n) is 2.75. The zero-order chi connectivity index (χ0) is 12.7. The molecule has 0 radical (unpaired) electrons. The van der Waals surface area contributed by atoms with E-state index in [1.807, 2.05) is 0 Å². The van der Waals surface area contributed by atoms with Gasteiger partial charge in [-0.2, -0.15) is 0 Å². The molecule has 0 spiro atoms. The number of unbranched alkanes of at least 4 members (excludes halogenated alkanes) is 3. The van der Waals surface area contributed by atoms with Crippen LogP contribution in [0.4, 0.5) is 0 Å². The molecule has 1 aliphatic carbocycles. The minimum absolute atomic E-state index is 0.748. The van der Waals surface area contributed by atoms with Crippen LogP contribution in [-0.2, 0) is 0 Å². The lowest BCUT2D eigenvalue weighted by Crippen LogP contribution is -2.13. The van der Waals surface area contributed by atoms with E-state index in [9.17, 15) is 0 Å². The smallest absolute Gasteiger partial charge is 0.00205 e. The SMILES string of the molecule is CCCCC/C=C1/CC(C)C(C)=CC1CCC. The summed E-state index contributed by atoms with van der Waals surface area (Å²) in [6.45, 7) is 9.26. The molecule has 17 heavy (non-hydrogen) atoms. The molecule has 1 aliphatic rings. The van der Waals surface area contributed by atoms with Gasteiger partial charge in [0.2, 0.25) is 0 Å². The van der Waals surface area contributed by atoms with Crippen LogP contribution < -0.4 is 0 Å². The number of rotatable bonds is 6. The third kappa shape index (κ3) is 4.69. The summed E-state index contributed by atoms with van der Waals surface area (Å²) in [7, 11) is 0. The van der Waals surface area contributed by atoms with Crippen molar-refractivity contribution < 1.29 is 0 Å². The molecule has 0 aromatic heterocycles. The average molecular weight is 234 g/mol. The maximum atomic E-state index is 2.55. The summed E-state index contributed by atoms with van der Waals surface area (Å²) in [6, 6.07) is 0. The Morgan fingerprint density at radius 3 is 2.65 bits per heavy atom. The summed E-state index contributed by atoms with van der Waals surface area (Å²) in [6.07, 6.45) is 14.4. The van der Waals surface area contributed by atoms with E-state index in [2.05, 4.69) is 39.8 Å². The van der Waals surface area contributed by atoms with Crippen molar-refractivity contribution >= 4 is 0 Å². The van der Waals surface area contributed by atoms with Crippen molar-refractivity contribution in [1.29, 1.82) is 0 Å². The Morgan fingerprint density at radius 1 is 1.24 bits per heavy atom. The van der Waals surface area contributed by atoms with Crippen LogP contribution in [0.15, 0.2) is 23.3 Å². The fraction of sp³-hybridized carbons (Fsp3) is 0.765. The average Bonchev–Trinajstić information content (AvgIpc) is 2.31. The standard InChI is InChI=1S/C17H30/c1-5-7-8-9-11-17-13-15(4)14(3)12-16(17)10-6-2/h11-12,15-16H,5-10,13H2,1-4H3/b17-11-. The van der Waals surface area contributed by atoms with E-state index in [0.29, 0.717) is 0 Å². The Hall–Kier alpha value is -0.520. The summed E-state index contributed by atoms with van der Waals surface area (Å²) in [5, 5.41) is 0. The first kappa shape index (κ1) is 14.5. The van der Waals surface area contributed by atoms with Crippen LogP contribution in [0.3, 0.4) is 0 Å². The van der Waals surface area contributed by atoms with E-state index < -0.39 is 0 Å². The van der Waals surface area contributed by atoms with Crippen LogP contribution in [0.5, 0.6) is 0 Å². The van der Waals surface area contributed by atoms with Crippen LogP contribution in [0.1, 0.15) is 72.6 Å². The van der Waals surface area contributed by atoms with Crippen LogP contribution in [0.25, 0.3) is 0 Å². The minimum atomic E-state index is 0.748. The van der Waals surface area contributed by atoms with E-state index in [-0.39, 0.29) is 0 Å². The Labute approximate surface area is 108 Å². The van der Waals surface area contributed by atoms with Crippen molar-refractivity contribution in [2.24, 2.45) is 11.8 Å². The predicted molar refractivity (Wildman–Crippen MR) is 78.2 cm³/mol. The first-order valence-corrected chi connectivity index (χ1v) is 7.56. The monoisotopic (exact) mass is 234 g/mol. The second kappa shape index (κ2) is 7.74. The molecule has 0 bridgehead atoms. The Kier molecular flexibility index (Phi) is 6.62. The molecular formula is C17H30. The van der Waals surface area contributed by atoms with Crippen molar-refractivity contribution in [1.82, 2.24) is 0 Å². The normalized spacial score (nSPS) is 27.3. The highest BCUT2D eigenvalue weighted by atomic mass is 14.3. The van der Waals surface area contributed by atoms with Crippen LogP contribution in [0.2, 0.25) is 0 Å². The van der Waals surface area contributed by atoms with Crippen molar-refractivity contribution in [3.05, 3.63) is 23.3 Å². The van der Waals surface area contributed by atoms with Gasteiger partial charge in [0.05, 0.1) is 0 Å². The number of hydrogen-bond acceptors (Lipinski definition) is 0. The maximum Gasteiger partial charge on any atom is -0.00205 e. The second-order valence-corrected chi connectivity index (χ2v) is 5.69. The molecule has 0 aromatic carbocycles. The highest BCUT2D eigenvalue weighted by Crippen LogP contribution is 2.35. The molecule has 0 nitrogen and oxygen atoms in total. The molecule has 0 fully saturated rings. The Bertz CT molecular complexity index is 270. The van der Waals surface area contributed by atoms with Crippen molar-refractivity contribution in [3.63, 3.8) is 0 Å². The largest absolute Gasteiger partial charge is 0.0847 e. The number of allylic oxidation sites excluding steroid dienone is 4. The van der Waals surface area contributed by atoms with E-state index in [0.717, 1.165) is 11.8 Å². The molecule has 98 valence electrons. The highest BCUT2D eigenvalue weighted by molar-refractivity contribution is 5.24. The van der Waals surface area contributed by atoms with E-state index in [1.54, 1.807) is 11.1 Å². The quantitative estimate of drug-likeness (QED) is 0.397. The molecule has 0 aliphatic heterocycles. The molecule has 0 aromatic rings. The molecule has 0 heterocycles. The zero-order valence-corrected chi connectivity index (χ0v) is 12.3. The van der Waals surface area contributed by atoms with Gasteiger partial charge in [0.15, 0.2) is 0 Å². The number of hydrogen-bond donors (Lipinski definition) is 0. The third-order valence-electron chi connectivity index (χ3n) is 4.07. The van der Waals surface area contributed by atoms with Crippen molar-refractivity contribution in [3.8, 4) is 0 Å². The van der Waals surface area contributed by atoms with Crippen molar-refractivity contribution in [2.75, 3.05) is 0 Å². The van der Waals surface area contributed by atoms with Crippen LogP contribution >= 0.6 is 0 Å². The first-order valence-electron chi connectivity index (χ1n) is 7.56. The lowest BCUT2D eigenvalue weighted by atomic mass is 9.78. The van der Waals surface area contributed by atoms with Gasteiger partial charge in [-0.25, -0.2) is 0 Å². The first-order chi connectivity index (χ1) is 8.19. The van der Waals surface area contributed by atoms with E-state index in [1.165, 1.54) is 44.9 Å². The van der Waals surface area contributed by atoms with Gasteiger partial charge in [-0.05, 0) is 44.4 Å². The van der Waals surface area contributed by atoms with Gasteiger partial charge in [-0.3, -0.25) is 0 Å². The summed E-state index contributed by atoms with van der Waals surface area (Å²) < 4.78 is 0. The van der Waals surface area contributed by atoms with Gasteiger partial charge in [0.1, 0.15) is 0 Å². The molecular weight excluding hydrogens is 204 g/mol. The predicted octanol–water partition coefficient (Wildman–Crippen LogP) is 5.90. The molecule has 0 amide bonds.